The highest BCUT2D eigenvalue weighted by molar-refractivity contribution is 6.15. The normalized spacial score (nSPS) is 12.0. The lowest BCUT2D eigenvalue weighted by molar-refractivity contribution is 0.620. The summed E-state index contributed by atoms with van der Waals surface area (Å²) < 4.78 is 10.9. The number of oxazole rings is 1. The van der Waals surface area contributed by atoms with Gasteiger partial charge in [-0.25, -0.2) is 9.97 Å². The van der Waals surface area contributed by atoms with Crippen LogP contribution in [0.2, 0.25) is 0 Å². The van der Waals surface area contributed by atoms with Gasteiger partial charge in [0.15, 0.2) is 5.58 Å². The molecule has 0 N–H and O–H groups in total. The van der Waals surface area contributed by atoms with Crippen molar-refractivity contribution in [3.63, 3.8) is 0 Å². The van der Waals surface area contributed by atoms with Crippen molar-refractivity contribution in [2.24, 2.45) is 0 Å². The Bertz CT molecular complexity index is 2730. The Hall–Kier alpha value is -6.20. The molecule has 0 atom stereocenters. The van der Waals surface area contributed by atoms with Gasteiger partial charge < -0.3 is 8.98 Å². The summed E-state index contributed by atoms with van der Waals surface area (Å²) in [5, 5.41) is 7.21. The van der Waals surface area contributed by atoms with E-state index in [1.54, 1.807) is 0 Å². The van der Waals surface area contributed by atoms with E-state index in [1.807, 2.05) is 42.6 Å². The van der Waals surface area contributed by atoms with Gasteiger partial charge in [-0.1, -0.05) is 72.8 Å². The third kappa shape index (κ3) is 3.55. The molecule has 45 heavy (non-hydrogen) atoms. The Kier molecular flexibility index (Phi) is 4.93. The Labute approximate surface area is 257 Å². The number of rotatable bonds is 3. The maximum absolute atomic E-state index is 6.21. The number of hydrogen-bond donors (Lipinski definition) is 0. The summed E-state index contributed by atoms with van der Waals surface area (Å²) in [7, 11) is 0. The van der Waals surface area contributed by atoms with E-state index in [0.717, 1.165) is 50.2 Å². The monoisotopic (exact) mass is 576 g/mol. The zero-order valence-electron chi connectivity index (χ0n) is 24.1. The molecule has 4 heterocycles. The molecule has 10 aromatic rings. The van der Waals surface area contributed by atoms with Crippen LogP contribution in [0.5, 0.6) is 0 Å². The Morgan fingerprint density at radius 1 is 0.489 bits per heavy atom. The van der Waals surface area contributed by atoms with E-state index in [9.17, 15) is 0 Å². The van der Waals surface area contributed by atoms with E-state index < -0.39 is 0 Å². The maximum atomic E-state index is 6.21. The van der Waals surface area contributed by atoms with Crippen LogP contribution in [0, 0.1) is 0 Å². The van der Waals surface area contributed by atoms with Crippen molar-refractivity contribution in [3.05, 3.63) is 146 Å². The standard InChI is InChI=1S/C40H24N4O/c1-2-10-26-22-36-32(21-25(26)9-1)31-18-16-27(40-42-33-12-4-6-14-38(33)45-40)23-35(31)43(36)28-17-19-30-29-11-3-5-13-34(29)44(37(30)24-28)39-15-7-8-20-41-39/h1-24H. The molecule has 0 aliphatic rings. The highest BCUT2D eigenvalue weighted by Crippen LogP contribution is 2.39. The van der Waals surface area contributed by atoms with Crippen molar-refractivity contribution >= 4 is 65.5 Å². The van der Waals surface area contributed by atoms with Crippen LogP contribution in [0.15, 0.2) is 150 Å². The topological polar surface area (TPSA) is 48.8 Å². The van der Waals surface area contributed by atoms with Crippen LogP contribution in [0.25, 0.3) is 88.4 Å². The molecule has 0 aliphatic carbocycles. The van der Waals surface area contributed by atoms with Crippen LogP contribution in [-0.2, 0) is 0 Å². The summed E-state index contributed by atoms with van der Waals surface area (Å²) in [6.07, 6.45) is 1.85. The number of pyridine rings is 1. The minimum Gasteiger partial charge on any atom is -0.436 e. The summed E-state index contributed by atoms with van der Waals surface area (Å²) in [6, 6.07) is 49.0. The van der Waals surface area contributed by atoms with Crippen LogP contribution in [0.1, 0.15) is 0 Å². The predicted molar refractivity (Wildman–Crippen MR) is 183 cm³/mol. The Morgan fingerprint density at radius 2 is 1.20 bits per heavy atom. The first-order valence-corrected chi connectivity index (χ1v) is 15.1. The molecule has 0 unspecified atom stereocenters. The van der Waals surface area contributed by atoms with Gasteiger partial charge in [-0.15, -0.1) is 0 Å². The van der Waals surface area contributed by atoms with Gasteiger partial charge >= 0.3 is 0 Å². The molecule has 5 nitrogen and oxygen atoms in total. The minimum absolute atomic E-state index is 0.616. The highest BCUT2D eigenvalue weighted by atomic mass is 16.3. The Balaban J connectivity index is 1.30. The van der Waals surface area contributed by atoms with E-state index in [2.05, 4.69) is 112 Å². The lowest BCUT2D eigenvalue weighted by Gasteiger charge is -2.11. The molecule has 210 valence electrons. The average molecular weight is 577 g/mol. The molecule has 0 saturated heterocycles. The summed E-state index contributed by atoms with van der Waals surface area (Å²) in [6.45, 7) is 0. The molecule has 6 aromatic carbocycles. The number of fused-ring (bicyclic) bond motifs is 8. The first-order valence-electron chi connectivity index (χ1n) is 15.1. The molecule has 0 bridgehead atoms. The first-order chi connectivity index (χ1) is 22.3. The second-order valence-corrected chi connectivity index (χ2v) is 11.5. The van der Waals surface area contributed by atoms with Crippen LogP contribution in [-0.4, -0.2) is 19.1 Å². The quantitative estimate of drug-likeness (QED) is 0.210. The fraction of sp³-hybridized carbons (Fsp3) is 0. The predicted octanol–water partition coefficient (Wildman–Crippen LogP) is 10.2. The largest absolute Gasteiger partial charge is 0.436 e. The summed E-state index contributed by atoms with van der Waals surface area (Å²) in [4.78, 5) is 9.56. The Morgan fingerprint density at radius 3 is 2.09 bits per heavy atom. The molecule has 10 rings (SSSR count). The van der Waals surface area contributed by atoms with Crippen molar-refractivity contribution in [1.82, 2.24) is 19.1 Å². The van der Waals surface area contributed by atoms with Gasteiger partial charge in [0.1, 0.15) is 11.3 Å². The zero-order chi connectivity index (χ0) is 29.5. The van der Waals surface area contributed by atoms with E-state index in [4.69, 9.17) is 14.4 Å². The van der Waals surface area contributed by atoms with Gasteiger partial charge in [-0.2, -0.15) is 0 Å². The van der Waals surface area contributed by atoms with Crippen molar-refractivity contribution in [2.75, 3.05) is 0 Å². The molecule has 0 amide bonds. The highest BCUT2D eigenvalue weighted by Gasteiger charge is 2.19. The number of nitrogens with zero attached hydrogens (tertiary/aromatic N) is 4. The van der Waals surface area contributed by atoms with Gasteiger partial charge in [-0.05, 0) is 77.5 Å². The fourth-order valence-corrected chi connectivity index (χ4v) is 6.94. The fourth-order valence-electron chi connectivity index (χ4n) is 6.94. The summed E-state index contributed by atoms with van der Waals surface area (Å²) in [5.74, 6) is 1.51. The van der Waals surface area contributed by atoms with Crippen molar-refractivity contribution in [3.8, 4) is 23.0 Å². The van der Waals surface area contributed by atoms with Crippen LogP contribution in [0.4, 0.5) is 0 Å². The van der Waals surface area contributed by atoms with Crippen molar-refractivity contribution in [2.45, 2.75) is 0 Å². The van der Waals surface area contributed by atoms with E-state index in [1.165, 1.54) is 32.3 Å². The molecule has 0 aliphatic heterocycles. The number of benzene rings is 6. The smallest absolute Gasteiger partial charge is 0.227 e. The van der Waals surface area contributed by atoms with E-state index in [-0.39, 0.29) is 0 Å². The van der Waals surface area contributed by atoms with Crippen molar-refractivity contribution < 1.29 is 4.42 Å². The minimum atomic E-state index is 0.616. The van der Waals surface area contributed by atoms with Crippen LogP contribution in [0.3, 0.4) is 0 Å². The number of hydrogen-bond acceptors (Lipinski definition) is 3. The molecule has 4 aromatic heterocycles. The van der Waals surface area contributed by atoms with Crippen LogP contribution < -0.4 is 0 Å². The number of para-hydroxylation sites is 3. The molecular formula is C40H24N4O. The SMILES string of the molecule is c1ccc(-n2c3ccccc3c3ccc(-n4c5cc(-c6nc7ccccc7o6)ccc5c5cc6ccccc6cc54)cc32)nc1. The molecule has 0 fully saturated rings. The molecule has 0 radical (unpaired) electrons. The summed E-state index contributed by atoms with van der Waals surface area (Å²) >= 11 is 0. The number of aromatic nitrogens is 4. The molecular weight excluding hydrogens is 552 g/mol. The second kappa shape index (κ2) is 9.15. The average Bonchev–Trinajstić information content (AvgIpc) is 3.77. The molecule has 5 heteroatoms. The lowest BCUT2D eigenvalue weighted by atomic mass is 10.1. The molecule has 0 saturated carbocycles. The lowest BCUT2D eigenvalue weighted by Crippen LogP contribution is -1.98. The van der Waals surface area contributed by atoms with Gasteiger partial charge in [-0.3, -0.25) is 4.57 Å². The molecule has 0 spiro atoms. The van der Waals surface area contributed by atoms with E-state index >= 15 is 0 Å². The van der Waals surface area contributed by atoms with Gasteiger partial charge in [0.2, 0.25) is 5.89 Å². The third-order valence-electron chi connectivity index (χ3n) is 8.97. The maximum Gasteiger partial charge on any atom is 0.227 e. The second-order valence-electron chi connectivity index (χ2n) is 11.5. The zero-order valence-corrected chi connectivity index (χ0v) is 24.1. The van der Waals surface area contributed by atoms with Crippen LogP contribution >= 0.6 is 0 Å². The van der Waals surface area contributed by atoms with Gasteiger partial charge in [0.05, 0.1) is 22.1 Å². The van der Waals surface area contributed by atoms with Gasteiger partial charge in [0.25, 0.3) is 0 Å². The van der Waals surface area contributed by atoms with E-state index in [0.29, 0.717) is 5.89 Å². The first kappa shape index (κ1) is 24.3. The van der Waals surface area contributed by atoms with Gasteiger partial charge in [0, 0.05) is 39.0 Å². The third-order valence-corrected chi connectivity index (χ3v) is 8.97. The van der Waals surface area contributed by atoms with Crippen molar-refractivity contribution in [1.29, 1.82) is 0 Å². The summed E-state index contributed by atoms with van der Waals surface area (Å²) in [5.41, 5.74) is 8.15.